The molecule has 0 aromatic carbocycles. The molecule has 0 radical (unpaired) electrons. The molecule has 0 atom stereocenters. The second kappa shape index (κ2) is 7.29. The molecule has 6 heteroatoms. The number of azide groups is 1. The summed E-state index contributed by atoms with van der Waals surface area (Å²) in [5.74, 6) is -0.295. The Balaban J connectivity index is 2.63. The summed E-state index contributed by atoms with van der Waals surface area (Å²) in [7, 11) is 0. The molecule has 0 heterocycles. The quantitative estimate of drug-likeness (QED) is 0.238. The third kappa shape index (κ3) is 4.84. The van der Waals surface area contributed by atoms with Crippen LogP contribution in [0.2, 0.25) is 0 Å². The molecule has 0 saturated carbocycles. The fourth-order valence-corrected chi connectivity index (χ4v) is 1.66. The molecular formula is C12H15N3O3. The van der Waals surface area contributed by atoms with Gasteiger partial charge in [0.15, 0.2) is 5.78 Å². The fraction of sp³-hybridized carbons (Fsp3) is 0.500. The van der Waals surface area contributed by atoms with Crippen LogP contribution in [-0.2, 0) is 14.3 Å². The Kier molecular flexibility index (Phi) is 5.67. The Labute approximate surface area is 105 Å². The summed E-state index contributed by atoms with van der Waals surface area (Å²) in [6.45, 7) is 1.93. The van der Waals surface area contributed by atoms with Gasteiger partial charge >= 0.3 is 5.97 Å². The smallest absolute Gasteiger partial charge is 0.302 e. The van der Waals surface area contributed by atoms with Crippen LogP contribution in [0.15, 0.2) is 28.4 Å². The van der Waals surface area contributed by atoms with E-state index in [4.69, 9.17) is 10.3 Å². The molecule has 0 aliphatic heterocycles. The average Bonchev–Trinajstić information content (AvgIpc) is 2.74. The third-order valence-corrected chi connectivity index (χ3v) is 2.54. The summed E-state index contributed by atoms with van der Waals surface area (Å²) in [5, 5.41) is 3.45. The zero-order valence-corrected chi connectivity index (χ0v) is 10.3. The molecule has 0 aromatic heterocycles. The van der Waals surface area contributed by atoms with E-state index in [2.05, 4.69) is 10.0 Å². The molecule has 6 nitrogen and oxygen atoms in total. The van der Waals surface area contributed by atoms with E-state index < -0.39 is 0 Å². The van der Waals surface area contributed by atoms with Crippen molar-refractivity contribution in [2.24, 2.45) is 5.11 Å². The largest absolute Gasteiger partial charge is 0.461 e. The maximum atomic E-state index is 11.2. The van der Waals surface area contributed by atoms with Gasteiger partial charge in [-0.05, 0) is 35.6 Å². The zero-order valence-electron chi connectivity index (χ0n) is 10.3. The summed E-state index contributed by atoms with van der Waals surface area (Å²) < 4.78 is 4.96. The lowest BCUT2D eigenvalue weighted by molar-refractivity contribution is -0.140. The minimum Gasteiger partial charge on any atom is -0.461 e. The molecule has 18 heavy (non-hydrogen) atoms. The van der Waals surface area contributed by atoms with Crippen molar-refractivity contribution in [1.29, 1.82) is 0 Å². The van der Waals surface area contributed by atoms with Gasteiger partial charge in [0.2, 0.25) is 0 Å². The van der Waals surface area contributed by atoms with Crippen LogP contribution in [0.5, 0.6) is 0 Å². The number of carbonyl (C=O) groups excluding carboxylic acids is 2. The highest BCUT2D eigenvalue weighted by atomic mass is 16.5. The van der Waals surface area contributed by atoms with E-state index in [0.29, 0.717) is 25.8 Å². The summed E-state index contributed by atoms with van der Waals surface area (Å²) in [6, 6.07) is 0. The van der Waals surface area contributed by atoms with Crippen LogP contribution in [0.1, 0.15) is 26.2 Å². The van der Waals surface area contributed by atoms with Crippen LogP contribution in [-0.4, -0.2) is 24.9 Å². The predicted octanol–water partition coefficient (Wildman–Crippen LogP) is 2.47. The van der Waals surface area contributed by atoms with Gasteiger partial charge in [0.25, 0.3) is 0 Å². The van der Waals surface area contributed by atoms with Crippen molar-refractivity contribution in [2.75, 3.05) is 13.2 Å². The van der Waals surface area contributed by atoms with Gasteiger partial charge in [-0.1, -0.05) is 11.2 Å². The normalized spacial score (nSPS) is 16.4. The minimum atomic E-state index is -0.351. The summed E-state index contributed by atoms with van der Waals surface area (Å²) >= 11 is 0. The number of hydrogen-bond donors (Lipinski definition) is 0. The molecule has 0 spiro atoms. The number of esters is 1. The lowest BCUT2D eigenvalue weighted by Crippen LogP contribution is -2.06. The Morgan fingerprint density at radius 2 is 2.33 bits per heavy atom. The fourth-order valence-electron chi connectivity index (χ4n) is 1.66. The van der Waals surface area contributed by atoms with Crippen molar-refractivity contribution >= 4 is 11.8 Å². The van der Waals surface area contributed by atoms with E-state index in [1.807, 2.05) is 0 Å². The maximum absolute atomic E-state index is 11.2. The first-order valence-electron chi connectivity index (χ1n) is 5.69. The van der Waals surface area contributed by atoms with Gasteiger partial charge in [-0.3, -0.25) is 9.59 Å². The van der Waals surface area contributed by atoms with Gasteiger partial charge in [-0.15, -0.1) is 0 Å². The SMILES string of the molecule is CC(=O)OC/C(CCCN=[N+]=[N-])=C1/C=CC(=O)C1. The van der Waals surface area contributed by atoms with Crippen molar-refractivity contribution < 1.29 is 14.3 Å². The molecule has 0 N–H and O–H groups in total. The number of carbonyl (C=O) groups is 2. The van der Waals surface area contributed by atoms with Crippen LogP contribution < -0.4 is 0 Å². The van der Waals surface area contributed by atoms with Crippen molar-refractivity contribution in [3.05, 3.63) is 33.7 Å². The predicted molar refractivity (Wildman–Crippen MR) is 65.7 cm³/mol. The van der Waals surface area contributed by atoms with Crippen molar-refractivity contribution in [3.63, 3.8) is 0 Å². The highest BCUT2D eigenvalue weighted by molar-refractivity contribution is 5.95. The number of ether oxygens (including phenoxy) is 1. The van der Waals surface area contributed by atoms with E-state index in [1.54, 1.807) is 6.08 Å². The first kappa shape index (κ1) is 14.0. The van der Waals surface area contributed by atoms with Crippen LogP contribution in [0.4, 0.5) is 0 Å². The molecular weight excluding hydrogens is 234 g/mol. The molecule has 1 aliphatic rings. The molecule has 0 amide bonds. The van der Waals surface area contributed by atoms with Gasteiger partial charge in [0, 0.05) is 24.8 Å². The van der Waals surface area contributed by atoms with Crippen LogP contribution >= 0.6 is 0 Å². The minimum absolute atomic E-state index is 0.0559. The molecule has 0 fully saturated rings. The average molecular weight is 249 g/mol. The first-order valence-corrected chi connectivity index (χ1v) is 5.69. The highest BCUT2D eigenvalue weighted by Gasteiger charge is 2.14. The van der Waals surface area contributed by atoms with E-state index in [0.717, 1.165) is 11.1 Å². The molecule has 1 aliphatic carbocycles. The molecule has 0 bridgehead atoms. The topological polar surface area (TPSA) is 92.1 Å². The summed E-state index contributed by atoms with van der Waals surface area (Å²) in [6.07, 6.45) is 4.97. The molecule has 0 aromatic rings. The van der Waals surface area contributed by atoms with Gasteiger partial charge in [0.1, 0.15) is 6.61 Å². The van der Waals surface area contributed by atoms with Gasteiger partial charge in [-0.25, -0.2) is 0 Å². The monoisotopic (exact) mass is 249 g/mol. The van der Waals surface area contributed by atoms with Gasteiger partial charge < -0.3 is 4.74 Å². The van der Waals surface area contributed by atoms with Crippen molar-refractivity contribution in [1.82, 2.24) is 0 Å². The lowest BCUT2D eigenvalue weighted by Gasteiger charge is -2.10. The second-order valence-corrected chi connectivity index (χ2v) is 3.94. The Bertz CT molecular complexity index is 445. The number of hydrogen-bond acceptors (Lipinski definition) is 4. The van der Waals surface area contributed by atoms with Crippen molar-refractivity contribution in [3.8, 4) is 0 Å². The molecule has 96 valence electrons. The Morgan fingerprint density at radius 1 is 1.56 bits per heavy atom. The third-order valence-electron chi connectivity index (χ3n) is 2.54. The number of ketones is 1. The first-order chi connectivity index (χ1) is 8.63. The maximum Gasteiger partial charge on any atom is 0.302 e. The number of allylic oxidation sites excluding steroid dienone is 3. The van der Waals surface area contributed by atoms with E-state index >= 15 is 0 Å². The van der Waals surface area contributed by atoms with E-state index in [1.165, 1.54) is 13.0 Å². The van der Waals surface area contributed by atoms with E-state index in [-0.39, 0.29) is 18.4 Å². The van der Waals surface area contributed by atoms with Gasteiger partial charge in [-0.2, -0.15) is 0 Å². The summed E-state index contributed by atoms with van der Waals surface area (Å²) in [4.78, 5) is 24.7. The lowest BCUT2D eigenvalue weighted by atomic mass is 10.0. The van der Waals surface area contributed by atoms with Crippen LogP contribution in [0, 0.1) is 0 Å². The molecule has 0 saturated heterocycles. The van der Waals surface area contributed by atoms with Crippen LogP contribution in [0.3, 0.4) is 0 Å². The molecule has 1 rings (SSSR count). The summed E-state index contributed by atoms with van der Waals surface area (Å²) in [5.41, 5.74) is 10.00. The number of nitrogens with zero attached hydrogens (tertiary/aromatic N) is 3. The second-order valence-electron chi connectivity index (χ2n) is 3.94. The van der Waals surface area contributed by atoms with E-state index in [9.17, 15) is 9.59 Å². The molecule has 0 unspecified atom stereocenters. The standard InChI is InChI=1S/C12H15N3O3/c1-9(16)18-8-11(3-2-6-14-15-13)10-4-5-12(17)7-10/h4-5H,2-3,6-8H2,1H3/b11-10-. The van der Waals surface area contributed by atoms with Gasteiger partial charge in [0.05, 0.1) is 0 Å². The van der Waals surface area contributed by atoms with Crippen molar-refractivity contribution in [2.45, 2.75) is 26.2 Å². The Hall–Kier alpha value is -2.07. The highest BCUT2D eigenvalue weighted by Crippen LogP contribution is 2.21. The van der Waals surface area contributed by atoms with Crippen LogP contribution in [0.25, 0.3) is 10.4 Å². The Morgan fingerprint density at radius 3 is 2.89 bits per heavy atom. The zero-order chi connectivity index (χ0) is 13.4. The number of rotatable bonds is 6.